The van der Waals surface area contributed by atoms with Gasteiger partial charge in [0.2, 0.25) is 0 Å². The number of aromatic nitrogens is 3. The molecule has 0 radical (unpaired) electrons. The van der Waals surface area contributed by atoms with Gasteiger partial charge in [-0.3, -0.25) is 9.36 Å². The quantitative estimate of drug-likeness (QED) is 0.603. The van der Waals surface area contributed by atoms with Gasteiger partial charge in [0, 0.05) is 0 Å². The first kappa shape index (κ1) is 15.4. The summed E-state index contributed by atoms with van der Waals surface area (Å²) >= 11 is 1.33. The van der Waals surface area contributed by atoms with E-state index in [4.69, 9.17) is 9.47 Å². The monoisotopic (exact) mass is 307 g/mol. The first-order chi connectivity index (χ1) is 10.2. The summed E-state index contributed by atoms with van der Waals surface area (Å²) in [5.74, 6) is 0.447. The van der Waals surface area contributed by atoms with Crippen molar-refractivity contribution in [1.82, 2.24) is 14.8 Å². The Morgan fingerprint density at radius 3 is 2.81 bits per heavy atom. The van der Waals surface area contributed by atoms with E-state index in [2.05, 4.69) is 10.2 Å². The zero-order chi connectivity index (χ0) is 15.2. The molecule has 0 amide bonds. The molecule has 0 saturated heterocycles. The number of para-hydroxylation sites is 2. The van der Waals surface area contributed by atoms with Crippen molar-refractivity contribution in [2.45, 2.75) is 23.8 Å². The second-order valence-electron chi connectivity index (χ2n) is 4.19. The molecular weight excluding hydrogens is 290 g/mol. The van der Waals surface area contributed by atoms with E-state index in [9.17, 15) is 4.79 Å². The number of benzene rings is 1. The Hall–Kier alpha value is -2.02. The summed E-state index contributed by atoms with van der Waals surface area (Å²) in [5, 5.41) is 8.33. The number of carbonyl (C=O) groups is 1. The molecule has 0 spiro atoms. The molecule has 6 nitrogen and oxygen atoms in total. The Bertz CT molecular complexity index is 615. The molecule has 0 unspecified atom stereocenters. The average Bonchev–Trinajstić information content (AvgIpc) is 2.99. The van der Waals surface area contributed by atoms with E-state index in [0.29, 0.717) is 17.3 Å². The number of thioether (sulfide) groups is 1. The van der Waals surface area contributed by atoms with Crippen LogP contribution in [0.15, 0.2) is 35.7 Å². The van der Waals surface area contributed by atoms with Crippen LogP contribution < -0.4 is 4.74 Å². The zero-order valence-corrected chi connectivity index (χ0v) is 13.0. The van der Waals surface area contributed by atoms with Gasteiger partial charge in [-0.25, -0.2) is 0 Å². The van der Waals surface area contributed by atoms with Gasteiger partial charge in [0.15, 0.2) is 5.16 Å². The maximum absolute atomic E-state index is 11.7. The van der Waals surface area contributed by atoms with Crippen LogP contribution in [0, 0.1) is 0 Å². The summed E-state index contributed by atoms with van der Waals surface area (Å²) in [7, 11) is 3.00. The molecule has 2 rings (SSSR count). The van der Waals surface area contributed by atoms with Crippen molar-refractivity contribution in [3.05, 3.63) is 30.6 Å². The summed E-state index contributed by atoms with van der Waals surface area (Å²) in [5.41, 5.74) is 0.826. The first-order valence-electron chi connectivity index (χ1n) is 6.49. The molecule has 0 bridgehead atoms. The number of hydrogen-bond acceptors (Lipinski definition) is 6. The highest BCUT2D eigenvalue weighted by Gasteiger charge is 2.22. The molecule has 0 N–H and O–H groups in total. The third-order valence-corrected chi connectivity index (χ3v) is 4.24. The Morgan fingerprint density at radius 2 is 2.14 bits per heavy atom. The zero-order valence-electron chi connectivity index (χ0n) is 12.1. The average molecular weight is 307 g/mol. The minimum absolute atomic E-state index is 0.267. The number of rotatable bonds is 6. The van der Waals surface area contributed by atoms with E-state index in [0.717, 1.165) is 5.69 Å². The molecule has 2 aromatic rings. The highest BCUT2D eigenvalue weighted by Crippen LogP contribution is 2.29. The maximum Gasteiger partial charge on any atom is 0.319 e. The van der Waals surface area contributed by atoms with Gasteiger partial charge in [-0.1, -0.05) is 30.8 Å². The molecule has 0 aliphatic carbocycles. The molecule has 0 aliphatic heterocycles. The van der Waals surface area contributed by atoms with E-state index in [1.54, 1.807) is 18.0 Å². The summed E-state index contributed by atoms with van der Waals surface area (Å²) in [6.07, 6.45) is 2.25. The molecule has 0 saturated carbocycles. The fraction of sp³-hybridized carbons (Fsp3) is 0.357. The Kier molecular flexibility index (Phi) is 5.21. The lowest BCUT2D eigenvalue weighted by molar-refractivity contribution is -0.140. The molecule has 1 aromatic heterocycles. The molecule has 1 heterocycles. The lowest BCUT2D eigenvalue weighted by Gasteiger charge is -2.14. The number of methoxy groups -OCH3 is 2. The van der Waals surface area contributed by atoms with Crippen molar-refractivity contribution < 1.29 is 14.3 Å². The second-order valence-corrected chi connectivity index (χ2v) is 5.36. The molecule has 7 heteroatoms. The normalized spacial score (nSPS) is 12.0. The number of hydrogen-bond donors (Lipinski definition) is 0. The smallest absolute Gasteiger partial charge is 0.319 e. The van der Waals surface area contributed by atoms with Gasteiger partial charge in [-0.2, -0.15) is 0 Å². The van der Waals surface area contributed by atoms with Crippen LogP contribution in [0.25, 0.3) is 5.69 Å². The van der Waals surface area contributed by atoms with E-state index in [1.165, 1.54) is 18.9 Å². The topological polar surface area (TPSA) is 66.2 Å². The van der Waals surface area contributed by atoms with Crippen molar-refractivity contribution in [1.29, 1.82) is 0 Å². The molecular formula is C14H17N3O3S. The molecule has 21 heavy (non-hydrogen) atoms. The van der Waals surface area contributed by atoms with Crippen molar-refractivity contribution in [2.24, 2.45) is 0 Å². The van der Waals surface area contributed by atoms with E-state index in [-0.39, 0.29) is 11.2 Å². The Morgan fingerprint density at radius 1 is 1.38 bits per heavy atom. The summed E-state index contributed by atoms with van der Waals surface area (Å²) in [4.78, 5) is 11.7. The van der Waals surface area contributed by atoms with Gasteiger partial charge >= 0.3 is 5.97 Å². The largest absolute Gasteiger partial charge is 0.495 e. The summed E-state index contributed by atoms with van der Waals surface area (Å²) < 4.78 is 11.9. The van der Waals surface area contributed by atoms with Crippen LogP contribution in [0.1, 0.15) is 13.3 Å². The SMILES string of the molecule is CC[C@@H](Sc1nncn1-c1ccccc1OC)C(=O)OC. The van der Waals surface area contributed by atoms with Crippen LogP contribution in [-0.4, -0.2) is 40.2 Å². The molecule has 0 fully saturated rings. The van der Waals surface area contributed by atoms with Crippen LogP contribution in [-0.2, 0) is 9.53 Å². The van der Waals surface area contributed by atoms with Gasteiger partial charge in [0.1, 0.15) is 17.3 Å². The number of esters is 1. The van der Waals surface area contributed by atoms with Crippen molar-refractivity contribution in [3.63, 3.8) is 0 Å². The van der Waals surface area contributed by atoms with E-state index < -0.39 is 0 Å². The predicted octanol–water partition coefficient (Wildman–Crippen LogP) is 2.32. The first-order valence-corrected chi connectivity index (χ1v) is 7.37. The van der Waals surface area contributed by atoms with Crippen LogP contribution in [0.2, 0.25) is 0 Å². The Balaban J connectivity index is 2.32. The van der Waals surface area contributed by atoms with Gasteiger partial charge < -0.3 is 9.47 Å². The molecule has 1 aromatic carbocycles. The Labute approximate surface area is 127 Å². The second kappa shape index (κ2) is 7.12. The third-order valence-electron chi connectivity index (χ3n) is 2.94. The summed E-state index contributed by atoms with van der Waals surface area (Å²) in [6.45, 7) is 1.93. The van der Waals surface area contributed by atoms with Gasteiger partial charge in [0.25, 0.3) is 0 Å². The fourth-order valence-electron chi connectivity index (χ4n) is 1.86. The van der Waals surface area contributed by atoms with E-state index >= 15 is 0 Å². The molecule has 0 aliphatic rings. The van der Waals surface area contributed by atoms with Gasteiger partial charge in [-0.05, 0) is 18.6 Å². The number of ether oxygens (including phenoxy) is 2. The minimum Gasteiger partial charge on any atom is -0.495 e. The van der Waals surface area contributed by atoms with Gasteiger partial charge in [0.05, 0.1) is 19.9 Å². The molecule has 112 valence electrons. The van der Waals surface area contributed by atoms with Gasteiger partial charge in [-0.15, -0.1) is 10.2 Å². The van der Waals surface area contributed by atoms with Crippen LogP contribution in [0.3, 0.4) is 0 Å². The van der Waals surface area contributed by atoms with Crippen molar-refractivity contribution >= 4 is 17.7 Å². The standard InChI is InChI=1S/C14H17N3O3S/c1-4-12(13(18)20-3)21-14-16-15-9-17(14)10-7-5-6-8-11(10)19-2/h5-9,12H,4H2,1-3H3/t12-/m1/s1. The lowest BCUT2D eigenvalue weighted by atomic mass is 10.3. The third kappa shape index (κ3) is 3.36. The summed E-state index contributed by atoms with van der Waals surface area (Å²) in [6, 6.07) is 7.57. The fourth-order valence-corrected chi connectivity index (χ4v) is 2.82. The van der Waals surface area contributed by atoms with Crippen LogP contribution in [0.4, 0.5) is 0 Å². The van der Waals surface area contributed by atoms with Crippen LogP contribution in [0.5, 0.6) is 5.75 Å². The number of nitrogens with zero attached hydrogens (tertiary/aromatic N) is 3. The highest BCUT2D eigenvalue weighted by atomic mass is 32.2. The minimum atomic E-state index is -0.312. The van der Waals surface area contributed by atoms with E-state index in [1.807, 2.05) is 31.2 Å². The van der Waals surface area contributed by atoms with Crippen molar-refractivity contribution in [3.8, 4) is 11.4 Å². The highest BCUT2D eigenvalue weighted by molar-refractivity contribution is 8.00. The maximum atomic E-state index is 11.7. The number of carbonyl (C=O) groups excluding carboxylic acids is 1. The van der Waals surface area contributed by atoms with Crippen molar-refractivity contribution in [2.75, 3.05) is 14.2 Å². The lowest BCUT2D eigenvalue weighted by Crippen LogP contribution is -2.18. The predicted molar refractivity (Wildman–Crippen MR) is 79.9 cm³/mol. The van der Waals surface area contributed by atoms with Crippen LogP contribution >= 0.6 is 11.8 Å². The molecule has 1 atom stereocenters.